The first kappa shape index (κ1) is 17.6. The Hall–Kier alpha value is -1.80. The number of hydrogen-bond donors (Lipinski definition) is 1. The molecule has 0 unspecified atom stereocenters. The van der Waals surface area contributed by atoms with E-state index in [1.54, 1.807) is 0 Å². The van der Waals surface area contributed by atoms with Gasteiger partial charge in [0.2, 0.25) is 0 Å². The number of hydrogen-bond acceptors (Lipinski definition) is 2. The molecule has 2 aromatic carbocycles. The molecule has 0 radical (unpaired) electrons. The van der Waals surface area contributed by atoms with Gasteiger partial charge in [-0.3, -0.25) is 4.90 Å². The summed E-state index contributed by atoms with van der Waals surface area (Å²) in [6, 6.07) is 16.3. The maximum absolute atomic E-state index is 10.3. The van der Waals surface area contributed by atoms with Crippen LogP contribution in [0.15, 0.2) is 48.5 Å². The van der Waals surface area contributed by atoms with Crippen LogP contribution in [-0.2, 0) is 6.54 Å². The van der Waals surface area contributed by atoms with Gasteiger partial charge in [0.05, 0.1) is 0 Å². The van der Waals surface area contributed by atoms with Gasteiger partial charge in [-0.25, -0.2) is 0 Å². The molecule has 0 aromatic heterocycles. The van der Waals surface area contributed by atoms with E-state index in [1.807, 2.05) is 30.3 Å². The second-order valence-electron chi connectivity index (χ2n) is 7.19. The van der Waals surface area contributed by atoms with Crippen LogP contribution in [0.2, 0.25) is 0 Å². The third kappa shape index (κ3) is 5.40. The number of aromatic hydroxyl groups is 1. The van der Waals surface area contributed by atoms with Crippen molar-refractivity contribution in [2.24, 2.45) is 11.8 Å². The summed E-state index contributed by atoms with van der Waals surface area (Å²) in [4.78, 5) is 2.44. The Morgan fingerprint density at radius 3 is 2.00 bits per heavy atom. The summed E-state index contributed by atoms with van der Waals surface area (Å²) in [6.07, 6.45) is 0. The maximum atomic E-state index is 10.3. The van der Waals surface area contributed by atoms with E-state index in [0.717, 1.165) is 30.8 Å². The van der Waals surface area contributed by atoms with Gasteiger partial charge in [0.1, 0.15) is 5.75 Å². The zero-order valence-corrected chi connectivity index (χ0v) is 14.8. The molecule has 124 valence electrons. The van der Waals surface area contributed by atoms with Crippen molar-refractivity contribution < 1.29 is 5.11 Å². The summed E-state index contributed by atoms with van der Waals surface area (Å²) in [5.41, 5.74) is 3.35. The lowest BCUT2D eigenvalue weighted by atomic mass is 10.0. The van der Waals surface area contributed by atoms with Crippen molar-refractivity contribution in [3.63, 3.8) is 0 Å². The number of benzene rings is 2. The van der Waals surface area contributed by atoms with Crippen molar-refractivity contribution in [1.82, 2.24) is 4.90 Å². The molecule has 2 nitrogen and oxygen atoms in total. The fraction of sp³-hybridized carbons (Fsp3) is 0.429. The molecule has 0 amide bonds. The molecule has 2 heteroatoms. The summed E-state index contributed by atoms with van der Waals surface area (Å²) < 4.78 is 0. The van der Waals surface area contributed by atoms with Crippen molar-refractivity contribution in [2.45, 2.75) is 34.2 Å². The molecular weight excluding hydrogens is 282 g/mol. The van der Waals surface area contributed by atoms with Crippen LogP contribution in [0.25, 0.3) is 11.1 Å². The van der Waals surface area contributed by atoms with E-state index < -0.39 is 0 Å². The van der Waals surface area contributed by atoms with Crippen LogP contribution in [0.1, 0.15) is 33.3 Å². The molecule has 0 saturated carbocycles. The lowest BCUT2D eigenvalue weighted by molar-refractivity contribution is 0.209. The van der Waals surface area contributed by atoms with E-state index in [0.29, 0.717) is 17.6 Å². The summed E-state index contributed by atoms with van der Waals surface area (Å²) in [5.74, 6) is 1.63. The Labute approximate surface area is 140 Å². The zero-order valence-electron chi connectivity index (χ0n) is 14.8. The molecule has 0 aliphatic carbocycles. The Kier molecular flexibility index (Phi) is 6.23. The molecule has 2 rings (SSSR count). The lowest BCUT2D eigenvalue weighted by Crippen LogP contribution is -2.30. The Bertz CT molecular complexity index is 594. The molecule has 0 spiro atoms. The normalized spacial score (nSPS) is 11.6. The van der Waals surface area contributed by atoms with Crippen molar-refractivity contribution in [1.29, 1.82) is 0 Å². The van der Waals surface area contributed by atoms with Crippen molar-refractivity contribution in [3.8, 4) is 16.9 Å². The zero-order chi connectivity index (χ0) is 16.8. The first-order chi connectivity index (χ1) is 11.0. The second-order valence-corrected chi connectivity index (χ2v) is 7.19. The predicted octanol–water partition coefficient (Wildman–Crippen LogP) is 5.17. The van der Waals surface area contributed by atoms with E-state index in [-0.39, 0.29) is 0 Å². The lowest BCUT2D eigenvalue weighted by Gasteiger charge is -2.26. The average molecular weight is 311 g/mol. The minimum absolute atomic E-state index is 0.391. The first-order valence-electron chi connectivity index (χ1n) is 8.55. The van der Waals surface area contributed by atoms with Crippen molar-refractivity contribution >= 4 is 0 Å². The monoisotopic (exact) mass is 311 g/mol. The van der Waals surface area contributed by atoms with E-state index in [1.165, 1.54) is 5.56 Å². The quantitative estimate of drug-likeness (QED) is 0.762. The molecular formula is C21H29NO. The third-order valence-electron chi connectivity index (χ3n) is 3.83. The van der Waals surface area contributed by atoms with Crippen LogP contribution >= 0.6 is 0 Å². The average Bonchev–Trinajstić information content (AvgIpc) is 2.49. The van der Waals surface area contributed by atoms with Crippen LogP contribution in [0.3, 0.4) is 0 Å². The number of phenols is 1. The number of nitrogens with zero attached hydrogens (tertiary/aromatic N) is 1. The smallest absolute Gasteiger partial charge is 0.120 e. The molecule has 1 N–H and O–H groups in total. The Balaban J connectivity index is 2.23. The van der Waals surface area contributed by atoms with Crippen molar-refractivity contribution in [3.05, 3.63) is 54.1 Å². The predicted molar refractivity (Wildman–Crippen MR) is 98.5 cm³/mol. The number of phenolic OH excluding ortho intramolecular Hbond substituents is 1. The van der Waals surface area contributed by atoms with E-state index in [4.69, 9.17) is 0 Å². The fourth-order valence-electron chi connectivity index (χ4n) is 3.00. The van der Waals surface area contributed by atoms with Crippen LogP contribution in [0, 0.1) is 11.8 Å². The molecule has 2 aromatic rings. The summed E-state index contributed by atoms with van der Waals surface area (Å²) in [6.45, 7) is 11.9. The highest BCUT2D eigenvalue weighted by Crippen LogP contribution is 2.27. The largest absolute Gasteiger partial charge is 0.508 e. The van der Waals surface area contributed by atoms with Crippen LogP contribution in [0.4, 0.5) is 0 Å². The van der Waals surface area contributed by atoms with E-state index in [9.17, 15) is 5.11 Å². The van der Waals surface area contributed by atoms with Gasteiger partial charge in [-0.15, -0.1) is 0 Å². The summed E-state index contributed by atoms with van der Waals surface area (Å²) in [7, 11) is 0. The Morgan fingerprint density at radius 2 is 1.43 bits per heavy atom. The highest BCUT2D eigenvalue weighted by Gasteiger charge is 2.13. The molecule has 0 aliphatic rings. The highest BCUT2D eigenvalue weighted by molar-refractivity contribution is 5.65. The van der Waals surface area contributed by atoms with Gasteiger partial charge < -0.3 is 5.11 Å². The molecule has 0 aliphatic heterocycles. The highest BCUT2D eigenvalue weighted by atomic mass is 16.3. The standard InChI is InChI=1S/C21H29NO/c1-16(2)13-22(14-17(3)4)15-20-12-19(10-11-21(20)23)18-8-6-5-7-9-18/h5-12,16-17,23H,13-15H2,1-4H3. The van der Waals surface area contributed by atoms with Crippen LogP contribution in [0.5, 0.6) is 5.75 Å². The number of rotatable bonds is 7. The first-order valence-corrected chi connectivity index (χ1v) is 8.55. The molecule has 0 atom stereocenters. The van der Waals surface area contributed by atoms with Gasteiger partial charge in [-0.05, 0) is 35.1 Å². The van der Waals surface area contributed by atoms with Gasteiger partial charge in [-0.2, -0.15) is 0 Å². The van der Waals surface area contributed by atoms with Gasteiger partial charge in [0, 0.05) is 25.2 Å². The molecule has 0 saturated heterocycles. The molecule has 0 bridgehead atoms. The SMILES string of the molecule is CC(C)CN(Cc1cc(-c2ccccc2)ccc1O)CC(C)C. The topological polar surface area (TPSA) is 23.5 Å². The fourth-order valence-corrected chi connectivity index (χ4v) is 3.00. The summed E-state index contributed by atoms with van der Waals surface area (Å²) in [5, 5.41) is 10.3. The maximum Gasteiger partial charge on any atom is 0.120 e. The minimum atomic E-state index is 0.391. The van der Waals surface area contributed by atoms with Gasteiger partial charge in [0.15, 0.2) is 0 Å². The van der Waals surface area contributed by atoms with Crippen LogP contribution < -0.4 is 0 Å². The third-order valence-corrected chi connectivity index (χ3v) is 3.83. The van der Waals surface area contributed by atoms with E-state index >= 15 is 0 Å². The van der Waals surface area contributed by atoms with Crippen LogP contribution in [-0.4, -0.2) is 23.1 Å². The Morgan fingerprint density at radius 1 is 0.826 bits per heavy atom. The van der Waals surface area contributed by atoms with Gasteiger partial charge >= 0.3 is 0 Å². The molecule has 0 heterocycles. The minimum Gasteiger partial charge on any atom is -0.508 e. The second kappa shape index (κ2) is 8.16. The van der Waals surface area contributed by atoms with Gasteiger partial charge in [-0.1, -0.05) is 64.1 Å². The molecule has 0 fully saturated rings. The van der Waals surface area contributed by atoms with Crippen molar-refractivity contribution in [2.75, 3.05) is 13.1 Å². The van der Waals surface area contributed by atoms with Gasteiger partial charge in [0.25, 0.3) is 0 Å². The van der Waals surface area contributed by atoms with E-state index in [2.05, 4.69) is 50.8 Å². The summed E-state index contributed by atoms with van der Waals surface area (Å²) >= 11 is 0. The molecule has 23 heavy (non-hydrogen) atoms.